The summed E-state index contributed by atoms with van der Waals surface area (Å²) in [5.74, 6) is 1.09. The van der Waals surface area contributed by atoms with Crippen molar-refractivity contribution in [1.82, 2.24) is 14.8 Å². The van der Waals surface area contributed by atoms with Gasteiger partial charge in [0.2, 0.25) is 5.91 Å². The van der Waals surface area contributed by atoms with E-state index in [0.717, 1.165) is 30.0 Å². The molecule has 2 aromatic heterocycles. The van der Waals surface area contributed by atoms with Crippen LogP contribution < -0.4 is 4.90 Å². The maximum absolute atomic E-state index is 13.9. The molecule has 5 heterocycles. The highest BCUT2D eigenvalue weighted by Crippen LogP contribution is 2.52. The Hall–Kier alpha value is -2.65. The lowest BCUT2D eigenvalue weighted by Gasteiger charge is -2.63. The van der Waals surface area contributed by atoms with Crippen LogP contribution in [0, 0.1) is 11.3 Å². The number of quaternary nitrogens is 1. The monoisotopic (exact) mass is 592 g/mol. The number of rotatable bonds is 3. The second-order valence-corrected chi connectivity index (χ2v) is 16.7. The van der Waals surface area contributed by atoms with Crippen LogP contribution in [-0.2, 0) is 10.2 Å². The predicted octanol–water partition coefficient (Wildman–Crippen LogP) is 4.17. The summed E-state index contributed by atoms with van der Waals surface area (Å²) in [6.45, 7) is 20.9. The lowest BCUT2D eigenvalue weighted by Crippen LogP contribution is -2.75. The lowest BCUT2D eigenvalue weighted by molar-refractivity contribution is -0.987. The molecule has 0 atom stereocenters. The highest BCUT2D eigenvalue weighted by Gasteiger charge is 2.59. The SMILES string of the molecule is CC1(O)CC(C(=O)N2CCN(C(=O)c3cc4nc(N5CC[N+]6(CC5)CC5(CCC5)C6)cc(C(C)(C)C)c4o3)C(C)(C)C2)C1. The predicted molar refractivity (Wildman–Crippen MR) is 166 cm³/mol. The fourth-order valence-corrected chi connectivity index (χ4v) is 8.92. The van der Waals surface area contributed by atoms with Gasteiger partial charge in [0.1, 0.15) is 11.3 Å². The molecule has 2 saturated carbocycles. The number of aliphatic hydroxyl groups is 1. The Morgan fingerprint density at radius 1 is 1.02 bits per heavy atom. The van der Waals surface area contributed by atoms with Crippen LogP contribution in [-0.4, -0.2) is 106 Å². The average molecular weight is 593 g/mol. The molecule has 2 amide bonds. The van der Waals surface area contributed by atoms with Gasteiger partial charge >= 0.3 is 0 Å². The van der Waals surface area contributed by atoms with Crippen molar-refractivity contribution in [3.05, 3.63) is 23.5 Å². The number of fused-ring (bicyclic) bond motifs is 1. The molecule has 0 radical (unpaired) electrons. The molecule has 3 saturated heterocycles. The first-order valence-corrected chi connectivity index (χ1v) is 16.5. The third kappa shape index (κ3) is 4.95. The minimum absolute atomic E-state index is 0.0873. The van der Waals surface area contributed by atoms with E-state index in [1.807, 2.05) is 29.7 Å². The quantitative estimate of drug-likeness (QED) is 0.539. The number of pyridine rings is 1. The van der Waals surface area contributed by atoms with Gasteiger partial charge in [-0.3, -0.25) is 9.59 Å². The fraction of sp³-hybridized carbons (Fsp3) is 0.735. The van der Waals surface area contributed by atoms with Gasteiger partial charge in [0.05, 0.1) is 55.8 Å². The second-order valence-electron chi connectivity index (χ2n) is 16.7. The number of amides is 2. The van der Waals surface area contributed by atoms with Crippen LogP contribution in [0.1, 0.15) is 89.8 Å². The first-order valence-electron chi connectivity index (χ1n) is 16.5. The van der Waals surface area contributed by atoms with Crippen molar-refractivity contribution in [1.29, 1.82) is 0 Å². The number of hydrogen-bond acceptors (Lipinski definition) is 6. The van der Waals surface area contributed by atoms with Gasteiger partial charge in [0.15, 0.2) is 11.3 Å². The number of nitrogens with zero attached hydrogens (tertiary/aromatic N) is 5. The zero-order chi connectivity index (χ0) is 30.6. The summed E-state index contributed by atoms with van der Waals surface area (Å²) in [6.07, 6.45) is 5.29. The van der Waals surface area contributed by atoms with Crippen molar-refractivity contribution in [2.45, 2.75) is 90.2 Å². The van der Waals surface area contributed by atoms with Crippen LogP contribution in [0.25, 0.3) is 11.1 Å². The maximum atomic E-state index is 13.9. The van der Waals surface area contributed by atoms with E-state index in [0.29, 0.717) is 49.2 Å². The Morgan fingerprint density at radius 2 is 1.70 bits per heavy atom. The van der Waals surface area contributed by atoms with Gasteiger partial charge in [-0.15, -0.1) is 0 Å². The summed E-state index contributed by atoms with van der Waals surface area (Å²) in [7, 11) is 0. The Balaban J connectivity index is 1.09. The highest BCUT2D eigenvalue weighted by molar-refractivity contribution is 5.97. The molecule has 3 aliphatic heterocycles. The summed E-state index contributed by atoms with van der Waals surface area (Å²) >= 11 is 0. The second kappa shape index (κ2) is 9.43. The fourth-order valence-electron chi connectivity index (χ4n) is 8.92. The zero-order valence-corrected chi connectivity index (χ0v) is 27.0. The smallest absolute Gasteiger partial charge is 0.290 e. The molecular formula is C34H50N5O4+. The molecule has 234 valence electrons. The zero-order valence-electron chi connectivity index (χ0n) is 27.0. The number of aromatic nitrogens is 1. The number of carbonyl (C=O) groups excluding carboxylic acids is 2. The van der Waals surface area contributed by atoms with Crippen LogP contribution in [0.5, 0.6) is 0 Å². The van der Waals surface area contributed by atoms with Crippen molar-refractivity contribution < 1.29 is 23.6 Å². The summed E-state index contributed by atoms with van der Waals surface area (Å²) < 4.78 is 7.64. The molecule has 43 heavy (non-hydrogen) atoms. The molecule has 7 rings (SSSR count). The van der Waals surface area contributed by atoms with Gasteiger partial charge in [-0.2, -0.15) is 0 Å². The molecule has 9 heteroatoms. The largest absolute Gasteiger partial charge is 0.449 e. The Morgan fingerprint density at radius 3 is 2.26 bits per heavy atom. The van der Waals surface area contributed by atoms with Crippen LogP contribution in [0.4, 0.5) is 5.82 Å². The Bertz CT molecular complexity index is 1440. The first kappa shape index (κ1) is 29.1. The minimum atomic E-state index is -0.736. The van der Waals surface area contributed by atoms with Gasteiger partial charge in [0, 0.05) is 37.2 Å². The lowest BCUT2D eigenvalue weighted by atomic mass is 9.62. The van der Waals surface area contributed by atoms with Gasteiger partial charge in [-0.25, -0.2) is 4.98 Å². The van der Waals surface area contributed by atoms with Gasteiger partial charge in [-0.05, 0) is 57.9 Å². The highest BCUT2D eigenvalue weighted by atomic mass is 16.3. The third-order valence-corrected chi connectivity index (χ3v) is 11.4. The van der Waals surface area contributed by atoms with Gasteiger partial charge in [0.25, 0.3) is 5.91 Å². The Kier molecular flexibility index (Phi) is 6.38. The molecule has 2 aliphatic carbocycles. The number of hydrogen-bond donors (Lipinski definition) is 1. The molecule has 5 fully saturated rings. The molecular weight excluding hydrogens is 542 g/mol. The summed E-state index contributed by atoms with van der Waals surface area (Å²) in [4.78, 5) is 38.2. The molecule has 1 N–H and O–H groups in total. The average Bonchev–Trinajstić information content (AvgIpc) is 3.31. The third-order valence-electron chi connectivity index (χ3n) is 11.4. The molecule has 0 bridgehead atoms. The van der Waals surface area contributed by atoms with E-state index in [1.165, 1.54) is 49.9 Å². The topological polar surface area (TPSA) is 90.1 Å². The van der Waals surface area contributed by atoms with Crippen LogP contribution >= 0.6 is 0 Å². The molecule has 0 unspecified atom stereocenters. The number of anilines is 1. The summed E-state index contributed by atoms with van der Waals surface area (Å²) in [5, 5.41) is 10.1. The molecule has 2 spiro atoms. The van der Waals surface area contributed by atoms with Crippen molar-refractivity contribution in [2.75, 3.05) is 63.8 Å². The van der Waals surface area contributed by atoms with Crippen molar-refractivity contribution in [3.63, 3.8) is 0 Å². The first-order chi connectivity index (χ1) is 20.1. The summed E-state index contributed by atoms with van der Waals surface area (Å²) in [6, 6.07) is 4.01. The molecule has 5 aliphatic rings. The van der Waals surface area contributed by atoms with Crippen LogP contribution in [0.15, 0.2) is 16.5 Å². The van der Waals surface area contributed by atoms with E-state index in [9.17, 15) is 14.7 Å². The standard InChI is InChI=1S/C34H50N5O4/c1-31(2,3)24-16-27(36-12-14-39(15-13-36)21-34(22-39)8-7-9-34)35-25-17-26(43-28(24)25)30(41)38-11-10-37(20-32(38,4)5)29(40)23-18-33(6,42)19-23/h16-17,23,42H,7-15,18-22H2,1-6H3/q+1. The van der Waals surface area contributed by atoms with Crippen LogP contribution in [0.3, 0.4) is 0 Å². The summed E-state index contributed by atoms with van der Waals surface area (Å²) in [5.41, 5.74) is 1.71. The molecule has 0 aromatic carbocycles. The Labute approximate surface area is 255 Å². The number of carbonyl (C=O) groups is 2. The van der Waals surface area contributed by atoms with E-state index in [1.54, 1.807) is 6.92 Å². The van der Waals surface area contributed by atoms with Crippen molar-refractivity contribution in [3.8, 4) is 0 Å². The van der Waals surface area contributed by atoms with E-state index >= 15 is 0 Å². The minimum Gasteiger partial charge on any atom is -0.449 e. The van der Waals surface area contributed by atoms with Crippen LogP contribution in [0.2, 0.25) is 0 Å². The number of piperazine rings is 2. The van der Waals surface area contributed by atoms with Gasteiger partial charge < -0.3 is 28.7 Å². The van der Waals surface area contributed by atoms with Crippen molar-refractivity contribution >= 4 is 28.7 Å². The number of furan rings is 1. The van der Waals surface area contributed by atoms with E-state index < -0.39 is 11.1 Å². The molecule has 9 nitrogen and oxygen atoms in total. The van der Waals surface area contributed by atoms with E-state index in [2.05, 4.69) is 31.7 Å². The van der Waals surface area contributed by atoms with Crippen molar-refractivity contribution in [2.24, 2.45) is 11.3 Å². The van der Waals surface area contributed by atoms with E-state index in [4.69, 9.17) is 9.40 Å². The normalized spacial score (nSPS) is 29.4. The van der Waals surface area contributed by atoms with Gasteiger partial charge in [-0.1, -0.05) is 27.2 Å². The molecule has 2 aromatic rings. The maximum Gasteiger partial charge on any atom is 0.290 e. The van der Waals surface area contributed by atoms with E-state index in [-0.39, 0.29) is 23.1 Å².